The van der Waals surface area contributed by atoms with Crippen LogP contribution in [0.2, 0.25) is 0 Å². The highest BCUT2D eigenvalue weighted by atomic mass is 19.4. The van der Waals surface area contributed by atoms with Crippen molar-refractivity contribution < 1.29 is 50.9 Å². The topological polar surface area (TPSA) is 138 Å². The van der Waals surface area contributed by atoms with E-state index in [0.29, 0.717) is 11.6 Å². The third-order valence-corrected chi connectivity index (χ3v) is 6.12. The second-order valence-electron chi connectivity index (χ2n) is 9.14. The van der Waals surface area contributed by atoms with Gasteiger partial charge >= 0.3 is 24.3 Å². The Bertz CT molecular complexity index is 1140. The lowest BCUT2D eigenvalue weighted by atomic mass is 9.93. The molecule has 10 nitrogen and oxygen atoms in total. The molecule has 0 radical (unpaired) electrons. The molecule has 1 fully saturated rings. The SMILES string of the molecule is O=C(Nc1ccnn1C1CCN(CC2CC=CCC2)CC1)c1cccnc1.O=C(O)C(F)(F)F.O=C(O)C(F)(F)F. The maximum Gasteiger partial charge on any atom is 0.490 e. The Balaban J connectivity index is 0.000000349. The molecule has 0 aromatic carbocycles. The average molecular weight is 594 g/mol. The van der Waals surface area contributed by atoms with Crippen molar-refractivity contribution in [2.75, 3.05) is 25.0 Å². The van der Waals surface area contributed by atoms with Gasteiger partial charge in [-0.1, -0.05) is 12.2 Å². The molecule has 3 heterocycles. The summed E-state index contributed by atoms with van der Waals surface area (Å²) < 4.78 is 65.5. The second kappa shape index (κ2) is 15.2. The molecule has 0 bridgehead atoms. The fraction of sp³-hybridized carbons (Fsp3) is 0.480. The van der Waals surface area contributed by atoms with Crippen LogP contribution in [-0.4, -0.2) is 79.7 Å². The second-order valence-corrected chi connectivity index (χ2v) is 9.14. The number of halogens is 6. The van der Waals surface area contributed by atoms with Crippen molar-refractivity contribution in [1.29, 1.82) is 0 Å². The highest BCUT2D eigenvalue weighted by Gasteiger charge is 2.38. The van der Waals surface area contributed by atoms with Gasteiger partial charge in [0, 0.05) is 38.1 Å². The Labute approximate surface area is 230 Å². The third-order valence-electron chi connectivity index (χ3n) is 6.12. The van der Waals surface area contributed by atoms with Crippen molar-refractivity contribution in [3.63, 3.8) is 0 Å². The Kier molecular flexibility index (Phi) is 12.3. The van der Waals surface area contributed by atoms with Gasteiger partial charge in [-0.15, -0.1) is 0 Å². The predicted octanol–water partition coefficient (Wildman–Crippen LogP) is 4.79. The molecule has 1 amide bonds. The first-order valence-corrected chi connectivity index (χ1v) is 12.4. The molecular formula is C25H29F6N5O5. The third kappa shape index (κ3) is 11.6. The molecule has 0 spiro atoms. The van der Waals surface area contributed by atoms with Crippen LogP contribution < -0.4 is 5.32 Å². The Hall–Kier alpha value is -3.95. The summed E-state index contributed by atoms with van der Waals surface area (Å²) in [4.78, 5) is 36.8. The zero-order chi connectivity index (χ0) is 30.6. The summed E-state index contributed by atoms with van der Waals surface area (Å²) in [5.74, 6) is -4.09. The largest absolute Gasteiger partial charge is 0.490 e. The number of carbonyl (C=O) groups is 3. The van der Waals surface area contributed by atoms with Crippen molar-refractivity contribution in [1.82, 2.24) is 19.7 Å². The number of nitrogens with one attached hydrogen (secondary N) is 1. The van der Waals surface area contributed by atoms with Gasteiger partial charge < -0.3 is 20.4 Å². The molecule has 0 saturated carbocycles. The minimum Gasteiger partial charge on any atom is -0.475 e. The van der Waals surface area contributed by atoms with Crippen LogP contribution in [0.15, 0.2) is 48.9 Å². The van der Waals surface area contributed by atoms with E-state index >= 15 is 0 Å². The van der Waals surface area contributed by atoms with E-state index in [0.717, 1.165) is 37.7 Å². The number of amides is 1. The van der Waals surface area contributed by atoms with Gasteiger partial charge in [-0.25, -0.2) is 14.3 Å². The van der Waals surface area contributed by atoms with Crippen LogP contribution in [-0.2, 0) is 9.59 Å². The summed E-state index contributed by atoms with van der Waals surface area (Å²) in [5.41, 5.74) is 0.557. The zero-order valence-corrected chi connectivity index (χ0v) is 21.6. The standard InChI is InChI=1S/C21H27N5O.2C2HF3O2/c27-21(18-7-4-11-22-15-18)24-20-8-12-23-26(20)19-9-13-25(14-10-19)16-17-5-2-1-3-6-17;2*3-2(4,5)1(6)7/h1-2,4,7-8,11-12,15,17,19H,3,5-6,9-10,13-14,16H2,(H,24,27);2*(H,6,7). The number of anilines is 1. The molecule has 1 saturated heterocycles. The molecule has 2 aromatic heterocycles. The molecule has 4 rings (SSSR count). The number of aromatic nitrogens is 3. The van der Waals surface area contributed by atoms with E-state index in [1.54, 1.807) is 30.7 Å². The number of hydrogen-bond donors (Lipinski definition) is 3. The maximum atomic E-state index is 12.4. The van der Waals surface area contributed by atoms with Crippen LogP contribution in [0.3, 0.4) is 0 Å². The van der Waals surface area contributed by atoms with E-state index in [9.17, 15) is 31.1 Å². The van der Waals surface area contributed by atoms with Crippen LogP contribution in [0.4, 0.5) is 32.2 Å². The van der Waals surface area contributed by atoms with Crippen molar-refractivity contribution in [3.8, 4) is 0 Å². The van der Waals surface area contributed by atoms with E-state index in [1.165, 1.54) is 25.8 Å². The molecule has 1 aliphatic carbocycles. The quantitative estimate of drug-likeness (QED) is 0.333. The summed E-state index contributed by atoms with van der Waals surface area (Å²) >= 11 is 0. The van der Waals surface area contributed by atoms with Gasteiger partial charge in [0.25, 0.3) is 5.91 Å². The molecule has 2 aliphatic rings. The van der Waals surface area contributed by atoms with Gasteiger partial charge in [-0.05, 0) is 50.2 Å². The van der Waals surface area contributed by atoms with Crippen LogP contribution in [0, 0.1) is 5.92 Å². The molecular weight excluding hydrogens is 564 g/mol. The fourth-order valence-electron chi connectivity index (χ4n) is 4.12. The number of allylic oxidation sites excluding steroid dienone is 2. The summed E-state index contributed by atoms with van der Waals surface area (Å²) in [6.07, 6.45) is 5.40. The number of nitrogens with zero attached hydrogens (tertiary/aromatic N) is 4. The van der Waals surface area contributed by atoms with Crippen molar-refractivity contribution in [2.24, 2.45) is 5.92 Å². The van der Waals surface area contributed by atoms with Gasteiger partial charge in [0.1, 0.15) is 5.82 Å². The molecule has 226 valence electrons. The van der Waals surface area contributed by atoms with E-state index < -0.39 is 24.3 Å². The summed E-state index contributed by atoms with van der Waals surface area (Å²) in [6, 6.07) is 5.74. The Morgan fingerprint density at radius 3 is 2.02 bits per heavy atom. The number of likely N-dealkylation sites (tertiary alicyclic amines) is 1. The van der Waals surface area contributed by atoms with Gasteiger partial charge in [0.05, 0.1) is 17.8 Å². The fourth-order valence-corrected chi connectivity index (χ4v) is 4.12. The smallest absolute Gasteiger partial charge is 0.475 e. The average Bonchev–Trinajstić information content (AvgIpc) is 3.38. The number of aliphatic carboxylic acids is 2. The summed E-state index contributed by atoms with van der Waals surface area (Å²) in [5, 5.41) is 21.7. The van der Waals surface area contributed by atoms with E-state index in [2.05, 4.69) is 32.5 Å². The molecule has 3 N–H and O–H groups in total. The minimum absolute atomic E-state index is 0.146. The maximum absolute atomic E-state index is 12.4. The van der Waals surface area contributed by atoms with Crippen molar-refractivity contribution in [3.05, 3.63) is 54.5 Å². The van der Waals surface area contributed by atoms with E-state index in [4.69, 9.17) is 19.8 Å². The lowest BCUT2D eigenvalue weighted by molar-refractivity contribution is -0.193. The number of carboxylic acids is 2. The Morgan fingerprint density at radius 2 is 1.54 bits per heavy atom. The van der Waals surface area contributed by atoms with E-state index in [1.807, 2.05) is 10.7 Å². The molecule has 1 atom stereocenters. The van der Waals surface area contributed by atoms with Crippen molar-refractivity contribution >= 4 is 23.7 Å². The zero-order valence-electron chi connectivity index (χ0n) is 21.6. The number of alkyl halides is 6. The molecule has 1 aliphatic heterocycles. The first-order chi connectivity index (χ1) is 19.2. The van der Waals surface area contributed by atoms with Gasteiger partial charge in [-0.3, -0.25) is 9.78 Å². The van der Waals surface area contributed by atoms with Crippen LogP contribution in [0.1, 0.15) is 48.5 Å². The van der Waals surface area contributed by atoms with Crippen LogP contribution in [0.5, 0.6) is 0 Å². The summed E-state index contributed by atoms with van der Waals surface area (Å²) in [7, 11) is 0. The number of carboxylic acid groups (broad SMARTS) is 2. The molecule has 2 aromatic rings. The van der Waals surface area contributed by atoms with Gasteiger partial charge in [0.2, 0.25) is 0 Å². The number of hydrogen-bond acceptors (Lipinski definition) is 6. The van der Waals surface area contributed by atoms with Gasteiger partial charge in [-0.2, -0.15) is 31.4 Å². The predicted molar refractivity (Wildman–Crippen MR) is 133 cm³/mol. The summed E-state index contributed by atoms with van der Waals surface area (Å²) in [6.45, 7) is 3.40. The van der Waals surface area contributed by atoms with Crippen LogP contribution in [0.25, 0.3) is 0 Å². The number of carbonyl (C=O) groups excluding carboxylic acids is 1. The first kappa shape index (κ1) is 33.3. The number of rotatable bonds is 5. The highest BCUT2D eigenvalue weighted by Crippen LogP contribution is 2.27. The lowest BCUT2D eigenvalue weighted by Crippen LogP contribution is -2.38. The van der Waals surface area contributed by atoms with Gasteiger partial charge in [0.15, 0.2) is 0 Å². The molecule has 41 heavy (non-hydrogen) atoms. The first-order valence-electron chi connectivity index (χ1n) is 12.4. The normalized spacial score (nSPS) is 17.9. The Morgan fingerprint density at radius 1 is 0.927 bits per heavy atom. The highest BCUT2D eigenvalue weighted by molar-refractivity contribution is 6.03. The minimum atomic E-state index is -5.08. The number of pyridine rings is 1. The van der Waals surface area contributed by atoms with Crippen molar-refractivity contribution in [2.45, 2.75) is 50.5 Å². The van der Waals surface area contributed by atoms with E-state index in [-0.39, 0.29) is 5.91 Å². The monoisotopic (exact) mass is 593 g/mol. The number of piperidine rings is 1. The lowest BCUT2D eigenvalue weighted by Gasteiger charge is -2.35. The molecule has 16 heteroatoms. The molecule has 1 unspecified atom stereocenters. The van der Waals surface area contributed by atoms with Crippen LogP contribution >= 0.6 is 0 Å².